The monoisotopic (exact) mass is 262 g/mol. The van der Waals surface area contributed by atoms with Crippen LogP contribution in [-0.2, 0) is 16.0 Å². The summed E-state index contributed by atoms with van der Waals surface area (Å²) >= 11 is 0. The lowest BCUT2D eigenvalue weighted by Gasteiger charge is -2.17. The molecule has 0 spiro atoms. The number of nitrogens with one attached hydrogen (secondary N) is 1. The van der Waals surface area contributed by atoms with E-state index >= 15 is 0 Å². The second-order valence-corrected chi connectivity index (χ2v) is 4.90. The summed E-state index contributed by atoms with van der Waals surface area (Å²) < 4.78 is 0. The Balaban J connectivity index is 1.84. The van der Waals surface area contributed by atoms with Crippen molar-refractivity contribution in [3.05, 3.63) is 29.8 Å². The van der Waals surface area contributed by atoms with Crippen molar-refractivity contribution in [1.29, 1.82) is 0 Å². The molecule has 0 heterocycles. The first kappa shape index (κ1) is 13.4. The van der Waals surface area contributed by atoms with Gasteiger partial charge in [-0.3, -0.25) is 9.59 Å². The van der Waals surface area contributed by atoms with Gasteiger partial charge < -0.3 is 15.3 Å². The lowest BCUT2D eigenvalue weighted by molar-refractivity contribution is -0.134. The molecule has 2 N–H and O–H groups in total. The molecular formula is C14H18N2O3. The molecule has 5 heteroatoms. The third-order valence-corrected chi connectivity index (χ3v) is 3.08. The van der Waals surface area contributed by atoms with Crippen LogP contribution in [-0.4, -0.2) is 41.5 Å². The lowest BCUT2D eigenvalue weighted by Crippen LogP contribution is -2.39. The van der Waals surface area contributed by atoms with Crippen LogP contribution >= 0.6 is 0 Å². The minimum absolute atomic E-state index is 0.0585. The number of benzene rings is 1. The van der Waals surface area contributed by atoms with E-state index in [1.807, 2.05) is 0 Å². The highest BCUT2D eigenvalue weighted by molar-refractivity contribution is 5.86. The van der Waals surface area contributed by atoms with Gasteiger partial charge in [-0.05, 0) is 18.9 Å². The molecule has 0 radical (unpaired) electrons. The number of phenolic OH excluding ortho intramolecular Hbond substituents is 1. The van der Waals surface area contributed by atoms with Crippen LogP contribution in [0.5, 0.6) is 5.75 Å². The fourth-order valence-electron chi connectivity index (χ4n) is 1.76. The number of likely N-dealkylation sites (N-methyl/N-ethyl adjacent to an activating group) is 1. The predicted octanol–water partition coefficient (Wildman–Crippen LogP) is 0.672. The molecule has 2 amide bonds. The van der Waals surface area contributed by atoms with E-state index in [0.717, 1.165) is 12.8 Å². The van der Waals surface area contributed by atoms with Crippen LogP contribution in [0.25, 0.3) is 0 Å². The van der Waals surface area contributed by atoms with Crippen molar-refractivity contribution in [2.45, 2.75) is 25.3 Å². The van der Waals surface area contributed by atoms with Gasteiger partial charge in [-0.15, -0.1) is 0 Å². The van der Waals surface area contributed by atoms with Gasteiger partial charge in [-0.1, -0.05) is 18.2 Å². The number of para-hydroxylation sites is 1. The van der Waals surface area contributed by atoms with Gasteiger partial charge in [0.25, 0.3) is 0 Å². The zero-order chi connectivity index (χ0) is 13.8. The summed E-state index contributed by atoms with van der Waals surface area (Å²) in [6, 6.07) is 7.01. The van der Waals surface area contributed by atoms with Crippen LogP contribution in [0.1, 0.15) is 18.4 Å². The zero-order valence-electron chi connectivity index (χ0n) is 10.9. The predicted molar refractivity (Wildman–Crippen MR) is 70.6 cm³/mol. The van der Waals surface area contributed by atoms with Crippen LogP contribution in [0.2, 0.25) is 0 Å². The maximum absolute atomic E-state index is 11.9. The Hall–Kier alpha value is -2.04. The Kier molecular flexibility index (Phi) is 4.04. The fourth-order valence-corrected chi connectivity index (χ4v) is 1.76. The first-order valence-corrected chi connectivity index (χ1v) is 6.36. The van der Waals surface area contributed by atoms with Crippen LogP contribution in [0.4, 0.5) is 0 Å². The normalized spacial score (nSPS) is 13.9. The third-order valence-electron chi connectivity index (χ3n) is 3.08. The maximum atomic E-state index is 11.9. The van der Waals surface area contributed by atoms with Gasteiger partial charge in [0.2, 0.25) is 11.8 Å². The van der Waals surface area contributed by atoms with Gasteiger partial charge >= 0.3 is 0 Å². The molecule has 0 atom stereocenters. The molecule has 0 unspecified atom stereocenters. The number of hydrogen-bond acceptors (Lipinski definition) is 3. The highest BCUT2D eigenvalue weighted by Crippen LogP contribution is 2.18. The number of nitrogens with zero attached hydrogens (tertiary/aromatic N) is 1. The molecule has 1 aliphatic carbocycles. The average Bonchev–Trinajstić information content (AvgIpc) is 3.15. The van der Waals surface area contributed by atoms with E-state index in [0.29, 0.717) is 11.6 Å². The highest BCUT2D eigenvalue weighted by Gasteiger charge is 2.24. The second kappa shape index (κ2) is 5.73. The number of rotatable bonds is 5. The van der Waals surface area contributed by atoms with Crippen LogP contribution in [0, 0.1) is 0 Å². The molecule has 1 aromatic carbocycles. The first-order valence-electron chi connectivity index (χ1n) is 6.36. The molecule has 1 aliphatic rings. The Morgan fingerprint density at radius 3 is 2.68 bits per heavy atom. The SMILES string of the molecule is CN(CC(=O)NC1CC1)C(=O)Cc1ccccc1O. The first-order chi connectivity index (χ1) is 9.06. The number of hydrogen-bond donors (Lipinski definition) is 2. The van der Waals surface area contributed by atoms with Crippen LogP contribution in [0.15, 0.2) is 24.3 Å². The van der Waals surface area contributed by atoms with Crippen LogP contribution in [0.3, 0.4) is 0 Å². The van der Waals surface area contributed by atoms with Gasteiger partial charge in [0.1, 0.15) is 5.75 Å². The number of amides is 2. The Morgan fingerprint density at radius 1 is 1.37 bits per heavy atom. The summed E-state index contributed by atoms with van der Waals surface area (Å²) in [5.74, 6) is -0.213. The fraction of sp³-hybridized carbons (Fsp3) is 0.429. The van der Waals surface area contributed by atoms with Gasteiger partial charge in [0.15, 0.2) is 0 Å². The molecule has 19 heavy (non-hydrogen) atoms. The topological polar surface area (TPSA) is 69.6 Å². The summed E-state index contributed by atoms with van der Waals surface area (Å²) in [7, 11) is 1.59. The number of carbonyl (C=O) groups excluding carboxylic acids is 2. The largest absolute Gasteiger partial charge is 0.508 e. The summed E-state index contributed by atoms with van der Waals surface area (Å²) in [5.41, 5.74) is 0.571. The van der Waals surface area contributed by atoms with E-state index in [4.69, 9.17) is 0 Å². The van der Waals surface area contributed by atoms with E-state index in [1.54, 1.807) is 31.3 Å². The number of phenols is 1. The number of aromatic hydroxyl groups is 1. The molecular weight excluding hydrogens is 244 g/mol. The van der Waals surface area contributed by atoms with Crippen molar-refractivity contribution in [3.8, 4) is 5.75 Å². The van der Waals surface area contributed by atoms with Crippen molar-refractivity contribution in [2.24, 2.45) is 0 Å². The molecule has 102 valence electrons. The van der Waals surface area contributed by atoms with E-state index in [1.165, 1.54) is 4.90 Å². The van der Waals surface area contributed by atoms with Crippen molar-refractivity contribution in [3.63, 3.8) is 0 Å². The highest BCUT2D eigenvalue weighted by atomic mass is 16.3. The van der Waals surface area contributed by atoms with Crippen molar-refractivity contribution >= 4 is 11.8 Å². The number of carbonyl (C=O) groups is 2. The van der Waals surface area contributed by atoms with Crippen LogP contribution < -0.4 is 5.32 Å². The maximum Gasteiger partial charge on any atom is 0.239 e. The molecule has 0 bridgehead atoms. The Bertz CT molecular complexity index is 483. The molecule has 2 rings (SSSR count). The summed E-state index contributed by atoms with van der Waals surface area (Å²) in [4.78, 5) is 24.9. The summed E-state index contributed by atoms with van der Waals surface area (Å²) in [6.45, 7) is 0.0585. The average molecular weight is 262 g/mol. The molecule has 1 aromatic rings. The van der Waals surface area contributed by atoms with E-state index < -0.39 is 0 Å². The molecule has 0 aliphatic heterocycles. The second-order valence-electron chi connectivity index (χ2n) is 4.90. The molecule has 1 saturated carbocycles. The lowest BCUT2D eigenvalue weighted by atomic mass is 10.1. The third kappa shape index (κ3) is 3.98. The van der Waals surface area contributed by atoms with Crippen molar-refractivity contribution < 1.29 is 14.7 Å². The molecule has 0 saturated heterocycles. The van der Waals surface area contributed by atoms with E-state index in [9.17, 15) is 14.7 Å². The zero-order valence-corrected chi connectivity index (χ0v) is 10.9. The molecule has 1 fully saturated rings. The van der Waals surface area contributed by atoms with Gasteiger partial charge in [0.05, 0.1) is 13.0 Å². The van der Waals surface area contributed by atoms with Gasteiger partial charge in [0, 0.05) is 18.7 Å². The standard InChI is InChI=1S/C14H18N2O3/c1-16(9-13(18)15-11-6-7-11)14(19)8-10-4-2-3-5-12(10)17/h2-5,11,17H,6-9H2,1H3,(H,15,18). The van der Waals surface area contributed by atoms with Gasteiger partial charge in [-0.2, -0.15) is 0 Å². The molecule has 5 nitrogen and oxygen atoms in total. The smallest absolute Gasteiger partial charge is 0.239 e. The quantitative estimate of drug-likeness (QED) is 0.819. The van der Waals surface area contributed by atoms with Crippen molar-refractivity contribution in [2.75, 3.05) is 13.6 Å². The van der Waals surface area contributed by atoms with E-state index in [-0.39, 0.29) is 30.5 Å². The van der Waals surface area contributed by atoms with Gasteiger partial charge in [-0.25, -0.2) is 0 Å². The summed E-state index contributed by atoms with van der Waals surface area (Å²) in [6.07, 6.45) is 2.16. The molecule has 0 aromatic heterocycles. The van der Waals surface area contributed by atoms with Crippen molar-refractivity contribution in [1.82, 2.24) is 10.2 Å². The Labute approximate surface area is 112 Å². The van der Waals surface area contributed by atoms with E-state index in [2.05, 4.69) is 5.32 Å². The summed E-state index contributed by atoms with van der Waals surface area (Å²) in [5, 5.41) is 12.4. The minimum atomic E-state index is -0.188. The Morgan fingerprint density at radius 2 is 2.05 bits per heavy atom. The minimum Gasteiger partial charge on any atom is -0.508 e.